The number of carbonyl (C=O) groups is 2. The van der Waals surface area contributed by atoms with Crippen LogP contribution in [0.5, 0.6) is 5.75 Å². The van der Waals surface area contributed by atoms with Gasteiger partial charge in [-0.15, -0.1) is 0 Å². The van der Waals surface area contributed by atoms with E-state index in [4.69, 9.17) is 4.74 Å². The quantitative estimate of drug-likeness (QED) is 0.305. The van der Waals surface area contributed by atoms with Crippen LogP contribution < -0.4 is 14.4 Å². The predicted molar refractivity (Wildman–Crippen MR) is 165 cm³/mol. The van der Waals surface area contributed by atoms with E-state index in [0.717, 1.165) is 46.7 Å². The number of hydrogen-bond donors (Lipinski definition) is 1. The highest BCUT2D eigenvalue weighted by molar-refractivity contribution is 7.92. The summed E-state index contributed by atoms with van der Waals surface area (Å²) in [6.45, 7) is 7.61. The summed E-state index contributed by atoms with van der Waals surface area (Å²) in [4.78, 5) is 28.9. The first-order chi connectivity index (χ1) is 20.1. The summed E-state index contributed by atoms with van der Waals surface area (Å²) in [7, 11) is -4.14. The van der Waals surface area contributed by atoms with Crippen LogP contribution in [-0.4, -0.2) is 50.4 Å². The molecule has 0 spiro atoms. The largest absolute Gasteiger partial charge is 0.494 e. The smallest absolute Gasteiger partial charge is 0.264 e. The standard InChI is InChI=1S/C33H41N3O5S/c1-5-41-30-18-20-31(21-19-30)42(39,40)36(29-16-12-25(3)13-17-29)23-32(37)35(22-27-14-10-24(2)11-15-27)26(4)33(38)34-28-8-6-7-9-28/h10-21,26,28H,5-9,22-23H2,1-4H3,(H,34,38). The summed E-state index contributed by atoms with van der Waals surface area (Å²) in [5, 5.41) is 3.10. The molecular formula is C33H41N3O5S. The molecule has 0 bridgehead atoms. The molecule has 42 heavy (non-hydrogen) atoms. The first-order valence-corrected chi connectivity index (χ1v) is 16.0. The molecule has 1 aliphatic carbocycles. The van der Waals surface area contributed by atoms with E-state index in [1.54, 1.807) is 31.2 Å². The number of amides is 2. The maximum atomic E-state index is 14.1. The number of benzene rings is 3. The summed E-state index contributed by atoms with van der Waals surface area (Å²) in [5.74, 6) is -0.154. The number of aryl methyl sites for hydroxylation is 2. The van der Waals surface area contributed by atoms with Crippen LogP contribution in [0.4, 0.5) is 5.69 Å². The monoisotopic (exact) mass is 591 g/mol. The lowest BCUT2D eigenvalue weighted by molar-refractivity contribution is -0.139. The topological polar surface area (TPSA) is 96.0 Å². The summed E-state index contributed by atoms with van der Waals surface area (Å²) >= 11 is 0. The Hall–Kier alpha value is -3.85. The molecule has 2 amide bonds. The maximum absolute atomic E-state index is 14.1. The van der Waals surface area contributed by atoms with Crippen molar-refractivity contribution in [1.82, 2.24) is 10.2 Å². The second-order valence-corrected chi connectivity index (χ2v) is 12.8. The number of rotatable bonds is 12. The molecule has 1 atom stereocenters. The minimum absolute atomic E-state index is 0.0384. The van der Waals surface area contributed by atoms with E-state index in [-0.39, 0.29) is 23.4 Å². The normalized spacial score (nSPS) is 14.3. The highest BCUT2D eigenvalue weighted by Crippen LogP contribution is 2.27. The Kier molecular flexibility index (Phi) is 10.3. The maximum Gasteiger partial charge on any atom is 0.264 e. The molecule has 1 N–H and O–H groups in total. The van der Waals surface area contributed by atoms with Crippen LogP contribution in [0.1, 0.15) is 56.2 Å². The number of sulfonamides is 1. The van der Waals surface area contributed by atoms with Gasteiger partial charge >= 0.3 is 0 Å². The van der Waals surface area contributed by atoms with Gasteiger partial charge in [0, 0.05) is 12.6 Å². The molecule has 0 aliphatic heterocycles. The minimum atomic E-state index is -4.14. The zero-order chi connectivity index (χ0) is 30.3. The second-order valence-electron chi connectivity index (χ2n) is 10.9. The van der Waals surface area contributed by atoms with Crippen LogP contribution >= 0.6 is 0 Å². The third kappa shape index (κ3) is 7.70. The van der Waals surface area contributed by atoms with Crippen LogP contribution in [0.25, 0.3) is 0 Å². The van der Waals surface area contributed by atoms with Gasteiger partial charge in [-0.2, -0.15) is 0 Å². The van der Waals surface area contributed by atoms with Crippen molar-refractivity contribution < 1.29 is 22.7 Å². The van der Waals surface area contributed by atoms with Crippen molar-refractivity contribution in [2.24, 2.45) is 0 Å². The SMILES string of the molecule is CCOc1ccc(S(=O)(=O)N(CC(=O)N(Cc2ccc(C)cc2)C(C)C(=O)NC2CCCC2)c2ccc(C)cc2)cc1. The fourth-order valence-electron chi connectivity index (χ4n) is 5.11. The van der Waals surface area contributed by atoms with Gasteiger partial charge in [-0.3, -0.25) is 13.9 Å². The van der Waals surface area contributed by atoms with Crippen LogP contribution in [-0.2, 0) is 26.2 Å². The van der Waals surface area contributed by atoms with E-state index >= 15 is 0 Å². The van der Waals surface area contributed by atoms with Gasteiger partial charge < -0.3 is 15.0 Å². The predicted octanol–water partition coefficient (Wildman–Crippen LogP) is 5.37. The molecule has 224 valence electrons. The Balaban J connectivity index is 1.67. The van der Waals surface area contributed by atoms with Gasteiger partial charge in [0.25, 0.3) is 10.0 Å². The van der Waals surface area contributed by atoms with Crippen LogP contribution in [0.2, 0.25) is 0 Å². The van der Waals surface area contributed by atoms with Crippen LogP contribution in [0, 0.1) is 13.8 Å². The Morgan fingerprint density at radius 2 is 1.48 bits per heavy atom. The van der Waals surface area contributed by atoms with Gasteiger partial charge in [-0.05, 0) is 82.5 Å². The Labute approximate surface area is 249 Å². The number of nitrogens with zero attached hydrogens (tertiary/aromatic N) is 2. The van der Waals surface area contributed by atoms with E-state index in [9.17, 15) is 18.0 Å². The molecule has 3 aromatic carbocycles. The molecule has 1 saturated carbocycles. The molecule has 0 heterocycles. The van der Waals surface area contributed by atoms with Crippen molar-refractivity contribution in [3.05, 3.63) is 89.5 Å². The average Bonchev–Trinajstić information content (AvgIpc) is 3.49. The van der Waals surface area contributed by atoms with Crippen molar-refractivity contribution >= 4 is 27.5 Å². The Morgan fingerprint density at radius 3 is 2.05 bits per heavy atom. The molecule has 1 unspecified atom stereocenters. The van der Waals surface area contributed by atoms with Crippen molar-refractivity contribution in [2.45, 2.75) is 76.9 Å². The second kappa shape index (κ2) is 13.9. The third-order valence-electron chi connectivity index (χ3n) is 7.67. The van der Waals surface area contributed by atoms with Crippen molar-refractivity contribution in [1.29, 1.82) is 0 Å². The van der Waals surface area contributed by atoms with E-state index in [1.165, 1.54) is 17.0 Å². The molecular weight excluding hydrogens is 550 g/mol. The van der Waals surface area contributed by atoms with Gasteiger partial charge in [0.2, 0.25) is 11.8 Å². The van der Waals surface area contributed by atoms with Gasteiger partial charge in [-0.1, -0.05) is 60.4 Å². The summed E-state index contributed by atoms with van der Waals surface area (Å²) < 4.78 is 34.6. The van der Waals surface area contributed by atoms with Gasteiger partial charge in [0.05, 0.1) is 17.2 Å². The fraction of sp³-hybridized carbons (Fsp3) is 0.394. The molecule has 9 heteroatoms. The molecule has 0 saturated heterocycles. The average molecular weight is 592 g/mol. The van der Waals surface area contributed by atoms with Gasteiger partial charge in [0.1, 0.15) is 18.3 Å². The summed E-state index contributed by atoms with van der Waals surface area (Å²) in [5.41, 5.74) is 3.25. The minimum Gasteiger partial charge on any atom is -0.494 e. The highest BCUT2D eigenvalue weighted by Gasteiger charge is 2.33. The van der Waals surface area contributed by atoms with Gasteiger partial charge in [-0.25, -0.2) is 8.42 Å². The Morgan fingerprint density at radius 1 is 0.905 bits per heavy atom. The van der Waals surface area contributed by atoms with Gasteiger partial charge in [0.15, 0.2) is 0 Å². The lowest BCUT2D eigenvalue weighted by atomic mass is 10.1. The first-order valence-electron chi connectivity index (χ1n) is 14.6. The van der Waals surface area contributed by atoms with E-state index in [1.807, 2.05) is 57.2 Å². The number of hydrogen-bond acceptors (Lipinski definition) is 5. The van der Waals surface area contributed by atoms with E-state index in [0.29, 0.717) is 18.0 Å². The van der Waals surface area contributed by atoms with E-state index < -0.39 is 28.5 Å². The molecule has 1 fully saturated rings. The summed E-state index contributed by atoms with van der Waals surface area (Å²) in [6, 6.07) is 20.2. The highest BCUT2D eigenvalue weighted by atomic mass is 32.2. The number of nitrogens with one attached hydrogen (secondary N) is 1. The van der Waals surface area contributed by atoms with E-state index in [2.05, 4.69) is 5.32 Å². The molecule has 8 nitrogen and oxygen atoms in total. The number of ether oxygens (including phenoxy) is 1. The lowest BCUT2D eigenvalue weighted by Crippen LogP contribution is -2.52. The van der Waals surface area contributed by atoms with Crippen molar-refractivity contribution in [2.75, 3.05) is 17.5 Å². The molecule has 1 aliphatic rings. The van der Waals surface area contributed by atoms with Crippen LogP contribution in [0.3, 0.4) is 0 Å². The van der Waals surface area contributed by atoms with Crippen LogP contribution in [0.15, 0.2) is 77.7 Å². The fourth-order valence-corrected chi connectivity index (χ4v) is 6.52. The summed E-state index contributed by atoms with van der Waals surface area (Å²) in [6.07, 6.45) is 3.98. The molecule has 4 rings (SSSR count). The lowest BCUT2D eigenvalue weighted by Gasteiger charge is -2.32. The van der Waals surface area contributed by atoms with Crippen molar-refractivity contribution in [3.8, 4) is 5.75 Å². The first kappa shape index (κ1) is 31.1. The third-order valence-corrected chi connectivity index (χ3v) is 9.45. The number of carbonyl (C=O) groups excluding carboxylic acids is 2. The molecule has 0 radical (unpaired) electrons. The molecule has 3 aromatic rings. The zero-order valence-corrected chi connectivity index (χ0v) is 25.7. The zero-order valence-electron chi connectivity index (χ0n) is 24.9. The molecule has 0 aromatic heterocycles. The Bertz CT molecular complexity index is 1450. The number of anilines is 1. The van der Waals surface area contributed by atoms with Crippen molar-refractivity contribution in [3.63, 3.8) is 0 Å².